The maximum atomic E-state index is 12.6. The Labute approximate surface area is 198 Å². The van der Waals surface area contributed by atoms with E-state index in [0.717, 1.165) is 11.3 Å². The van der Waals surface area contributed by atoms with Gasteiger partial charge in [-0.1, -0.05) is 12.1 Å². The third-order valence-electron chi connectivity index (χ3n) is 5.39. The Morgan fingerprint density at radius 3 is 2.46 bits per heavy atom. The molecule has 5 aromatic rings. The zero-order valence-corrected chi connectivity index (χ0v) is 18.5. The van der Waals surface area contributed by atoms with Gasteiger partial charge < -0.3 is 14.5 Å². The van der Waals surface area contributed by atoms with E-state index < -0.39 is 4.92 Å². The molecule has 0 aliphatic rings. The van der Waals surface area contributed by atoms with Crippen LogP contribution in [0.5, 0.6) is 5.75 Å². The first-order valence-corrected chi connectivity index (χ1v) is 10.6. The average molecular weight is 466 g/mol. The number of methoxy groups -OCH3 is 1. The third-order valence-corrected chi connectivity index (χ3v) is 5.39. The Kier molecular flexibility index (Phi) is 5.64. The van der Waals surface area contributed by atoms with E-state index in [9.17, 15) is 14.9 Å². The molecule has 0 bridgehead atoms. The van der Waals surface area contributed by atoms with E-state index in [2.05, 4.69) is 15.5 Å². The molecular weight excluding hydrogens is 448 g/mol. The first-order valence-electron chi connectivity index (χ1n) is 10.6. The van der Waals surface area contributed by atoms with Gasteiger partial charge in [-0.25, -0.2) is 0 Å². The van der Waals surface area contributed by atoms with E-state index in [1.165, 1.54) is 18.2 Å². The van der Waals surface area contributed by atoms with Crippen LogP contribution in [-0.2, 0) is 0 Å². The zero-order valence-electron chi connectivity index (χ0n) is 18.5. The predicted molar refractivity (Wildman–Crippen MR) is 132 cm³/mol. The van der Waals surface area contributed by atoms with E-state index in [1.54, 1.807) is 49.6 Å². The molecule has 0 saturated carbocycles. The first-order chi connectivity index (χ1) is 17.0. The maximum absolute atomic E-state index is 12.6. The predicted octanol–water partition coefficient (Wildman–Crippen LogP) is 5.58. The molecule has 0 aliphatic carbocycles. The fraction of sp³-hybridized carbons (Fsp3) is 0.0385. The van der Waals surface area contributed by atoms with Crippen LogP contribution in [0.25, 0.3) is 33.6 Å². The number of nitro groups is 1. The van der Waals surface area contributed by atoms with Crippen molar-refractivity contribution in [3.05, 3.63) is 105 Å². The summed E-state index contributed by atoms with van der Waals surface area (Å²) < 4.78 is 11.1. The molecule has 0 fully saturated rings. The molecule has 9 nitrogen and oxygen atoms in total. The highest BCUT2D eigenvalue weighted by Crippen LogP contribution is 2.27. The van der Waals surface area contributed by atoms with Gasteiger partial charge in [0.15, 0.2) is 11.2 Å². The SMILES string of the molecule is COc1ccc2oc(-c3ccc(Nc4ccc(-c5cccc([N+](=O)[O-])c5)nn4)cc3)cc(=O)c2c1. The Morgan fingerprint density at radius 2 is 1.74 bits per heavy atom. The number of non-ortho nitro benzene ring substituents is 1. The molecule has 0 unspecified atom stereocenters. The number of ether oxygens (including phenoxy) is 1. The second-order valence-corrected chi connectivity index (χ2v) is 7.65. The van der Waals surface area contributed by atoms with Gasteiger partial charge in [-0.2, -0.15) is 0 Å². The third kappa shape index (κ3) is 4.55. The van der Waals surface area contributed by atoms with Crippen molar-refractivity contribution in [1.82, 2.24) is 10.2 Å². The molecular formula is C26H18N4O5. The standard InChI is InChI=1S/C26H18N4O5/c1-34-20-9-11-24-21(14-20)23(31)15-25(35-24)16-5-7-18(8-6-16)27-26-12-10-22(28-29-26)17-3-2-4-19(13-17)30(32)33/h2-15H,1H3,(H,27,29). The van der Waals surface area contributed by atoms with E-state index >= 15 is 0 Å². The number of nitro benzene ring substituents is 1. The van der Waals surface area contributed by atoms with Crippen molar-refractivity contribution < 1.29 is 14.1 Å². The van der Waals surface area contributed by atoms with Crippen molar-refractivity contribution in [1.29, 1.82) is 0 Å². The highest BCUT2D eigenvalue weighted by atomic mass is 16.6. The highest BCUT2D eigenvalue weighted by Gasteiger charge is 2.10. The van der Waals surface area contributed by atoms with E-state index in [4.69, 9.17) is 9.15 Å². The summed E-state index contributed by atoms with van der Waals surface area (Å²) in [6.07, 6.45) is 0. The summed E-state index contributed by atoms with van der Waals surface area (Å²) in [6, 6.07) is 23.6. The molecule has 2 heterocycles. The number of fused-ring (bicyclic) bond motifs is 1. The van der Waals surface area contributed by atoms with Crippen molar-refractivity contribution in [2.45, 2.75) is 0 Å². The van der Waals surface area contributed by atoms with Crippen LogP contribution in [0.3, 0.4) is 0 Å². The summed E-state index contributed by atoms with van der Waals surface area (Å²) in [5.41, 5.74) is 2.97. The number of aromatic nitrogens is 2. The average Bonchev–Trinajstić information content (AvgIpc) is 2.89. The summed E-state index contributed by atoms with van der Waals surface area (Å²) in [7, 11) is 1.55. The van der Waals surface area contributed by atoms with Gasteiger partial charge in [-0.15, -0.1) is 10.2 Å². The fourth-order valence-corrected chi connectivity index (χ4v) is 3.60. The molecule has 0 saturated heterocycles. The minimum Gasteiger partial charge on any atom is -0.497 e. The minimum absolute atomic E-state index is 0.00596. The Hall–Kier alpha value is -5.05. The van der Waals surface area contributed by atoms with Crippen LogP contribution in [-0.4, -0.2) is 22.2 Å². The molecule has 0 radical (unpaired) electrons. The Balaban J connectivity index is 1.34. The quantitative estimate of drug-likeness (QED) is 0.254. The van der Waals surface area contributed by atoms with E-state index in [1.807, 2.05) is 24.3 Å². The number of anilines is 2. The van der Waals surface area contributed by atoms with E-state index in [-0.39, 0.29) is 11.1 Å². The van der Waals surface area contributed by atoms with Gasteiger partial charge >= 0.3 is 0 Å². The number of nitrogens with one attached hydrogen (secondary N) is 1. The topological polar surface area (TPSA) is 120 Å². The van der Waals surface area contributed by atoms with Crippen LogP contribution >= 0.6 is 0 Å². The lowest BCUT2D eigenvalue weighted by Crippen LogP contribution is -2.01. The van der Waals surface area contributed by atoms with E-state index in [0.29, 0.717) is 39.6 Å². The molecule has 2 aromatic heterocycles. The molecule has 3 aromatic carbocycles. The number of benzene rings is 3. The zero-order chi connectivity index (χ0) is 24.4. The van der Waals surface area contributed by atoms with Crippen molar-refractivity contribution in [3.8, 4) is 28.3 Å². The molecule has 5 rings (SSSR count). The number of nitrogens with zero attached hydrogens (tertiary/aromatic N) is 3. The van der Waals surface area contributed by atoms with Gasteiger partial charge in [0, 0.05) is 35.0 Å². The van der Waals surface area contributed by atoms with Crippen LogP contribution in [0.1, 0.15) is 0 Å². The van der Waals surface area contributed by atoms with Gasteiger partial charge in [0.05, 0.1) is 23.1 Å². The lowest BCUT2D eigenvalue weighted by Gasteiger charge is -2.08. The monoisotopic (exact) mass is 466 g/mol. The summed E-state index contributed by atoms with van der Waals surface area (Å²) in [4.78, 5) is 23.1. The lowest BCUT2D eigenvalue weighted by molar-refractivity contribution is -0.384. The number of hydrogen-bond acceptors (Lipinski definition) is 8. The highest BCUT2D eigenvalue weighted by molar-refractivity contribution is 5.80. The Bertz CT molecular complexity index is 1600. The summed E-state index contributed by atoms with van der Waals surface area (Å²) in [5.74, 6) is 1.56. The van der Waals surface area contributed by atoms with Crippen LogP contribution in [0.15, 0.2) is 94.1 Å². The molecule has 9 heteroatoms. The smallest absolute Gasteiger partial charge is 0.270 e. The second-order valence-electron chi connectivity index (χ2n) is 7.65. The maximum Gasteiger partial charge on any atom is 0.270 e. The summed E-state index contributed by atoms with van der Waals surface area (Å²) in [5, 5.41) is 22.9. The normalized spacial score (nSPS) is 10.8. The van der Waals surface area contributed by atoms with Crippen molar-refractivity contribution in [3.63, 3.8) is 0 Å². The largest absolute Gasteiger partial charge is 0.497 e. The van der Waals surface area contributed by atoms with Gasteiger partial charge in [-0.3, -0.25) is 14.9 Å². The molecule has 0 amide bonds. The lowest BCUT2D eigenvalue weighted by atomic mass is 10.1. The van der Waals surface area contributed by atoms with Gasteiger partial charge in [0.2, 0.25) is 0 Å². The van der Waals surface area contributed by atoms with Crippen LogP contribution in [0, 0.1) is 10.1 Å². The molecule has 0 aliphatic heterocycles. The molecule has 172 valence electrons. The van der Waals surface area contributed by atoms with Gasteiger partial charge in [0.1, 0.15) is 17.1 Å². The van der Waals surface area contributed by atoms with Crippen molar-refractivity contribution >= 4 is 28.2 Å². The summed E-state index contributed by atoms with van der Waals surface area (Å²) >= 11 is 0. The van der Waals surface area contributed by atoms with Crippen LogP contribution in [0.2, 0.25) is 0 Å². The number of hydrogen-bond donors (Lipinski definition) is 1. The Morgan fingerprint density at radius 1 is 0.914 bits per heavy atom. The first kappa shape index (κ1) is 21.8. The minimum atomic E-state index is -0.448. The number of rotatable bonds is 6. The van der Waals surface area contributed by atoms with Crippen molar-refractivity contribution in [2.24, 2.45) is 0 Å². The molecule has 35 heavy (non-hydrogen) atoms. The fourth-order valence-electron chi connectivity index (χ4n) is 3.60. The molecule has 1 N–H and O–H groups in total. The van der Waals surface area contributed by atoms with Gasteiger partial charge in [-0.05, 0) is 54.6 Å². The van der Waals surface area contributed by atoms with Gasteiger partial charge in [0.25, 0.3) is 5.69 Å². The molecule has 0 atom stereocenters. The molecule has 0 spiro atoms. The second kappa shape index (κ2) is 9.06. The van der Waals surface area contributed by atoms with Crippen LogP contribution in [0.4, 0.5) is 17.2 Å². The van der Waals surface area contributed by atoms with Crippen LogP contribution < -0.4 is 15.5 Å². The summed E-state index contributed by atoms with van der Waals surface area (Å²) in [6.45, 7) is 0. The van der Waals surface area contributed by atoms with Crippen molar-refractivity contribution in [2.75, 3.05) is 12.4 Å².